The molecule has 0 aliphatic carbocycles. The highest BCUT2D eigenvalue weighted by atomic mass is 32.2. The molecule has 0 spiro atoms. The monoisotopic (exact) mass is 411 g/mol. The number of amides is 2. The molecule has 0 aromatic heterocycles. The molecule has 5 rings (SSSR count). The predicted molar refractivity (Wildman–Crippen MR) is 107 cm³/mol. The summed E-state index contributed by atoms with van der Waals surface area (Å²) in [5, 5.41) is 0. The Morgan fingerprint density at radius 1 is 1.00 bits per heavy atom. The van der Waals surface area contributed by atoms with Gasteiger partial charge in [-0.15, -0.1) is 0 Å². The van der Waals surface area contributed by atoms with E-state index in [2.05, 4.69) is 0 Å². The zero-order chi connectivity index (χ0) is 20.6. The first-order chi connectivity index (χ1) is 13.8. The standard InChI is InChI=1S/C21H21N3O4S/c1-21-12-17-19(26)22(2)13-18(25)23(17)20(21)24(16-11-7-6-10-15(16)21)29(27,28)14-8-4-3-5-9-14/h3-11,17,20H,12-13H2,1-2H3/t17-,20-,21+/m0/s1. The number of sulfonamides is 1. The SMILES string of the molecule is CN1CC(=O)N2[C@@H](C[C@]3(C)c4ccccc4N(S(=O)(=O)c4ccccc4)[C@H]23)C1=O. The summed E-state index contributed by atoms with van der Waals surface area (Å²) in [6, 6.07) is 14.9. The molecule has 0 unspecified atom stereocenters. The lowest BCUT2D eigenvalue weighted by atomic mass is 9.80. The summed E-state index contributed by atoms with van der Waals surface area (Å²) in [6.07, 6.45) is -0.370. The lowest BCUT2D eigenvalue weighted by molar-refractivity contribution is -0.153. The van der Waals surface area contributed by atoms with Crippen LogP contribution in [0.2, 0.25) is 0 Å². The fraction of sp³-hybridized carbons (Fsp3) is 0.333. The molecule has 150 valence electrons. The van der Waals surface area contributed by atoms with Crippen LogP contribution in [0, 0.1) is 0 Å². The van der Waals surface area contributed by atoms with Crippen LogP contribution in [0.5, 0.6) is 0 Å². The van der Waals surface area contributed by atoms with E-state index in [1.54, 1.807) is 49.5 Å². The molecule has 0 saturated carbocycles. The van der Waals surface area contributed by atoms with E-state index in [1.165, 1.54) is 14.1 Å². The number of carbonyl (C=O) groups excluding carboxylic acids is 2. The van der Waals surface area contributed by atoms with Gasteiger partial charge >= 0.3 is 0 Å². The number of rotatable bonds is 2. The molecule has 3 aliphatic heterocycles. The first-order valence-corrected chi connectivity index (χ1v) is 11.0. The Morgan fingerprint density at radius 2 is 1.66 bits per heavy atom. The Kier molecular flexibility index (Phi) is 3.65. The molecule has 7 nitrogen and oxygen atoms in total. The van der Waals surface area contributed by atoms with Gasteiger partial charge in [-0.3, -0.25) is 9.59 Å². The second kappa shape index (κ2) is 5.82. The second-order valence-electron chi connectivity index (χ2n) is 8.14. The maximum absolute atomic E-state index is 13.7. The molecule has 3 aliphatic rings. The fourth-order valence-electron chi connectivity index (χ4n) is 5.08. The first kappa shape index (κ1) is 18.2. The van der Waals surface area contributed by atoms with Crippen molar-refractivity contribution < 1.29 is 18.0 Å². The molecule has 29 heavy (non-hydrogen) atoms. The zero-order valence-corrected chi connectivity index (χ0v) is 17.0. The van der Waals surface area contributed by atoms with Crippen LogP contribution in [0.3, 0.4) is 0 Å². The van der Waals surface area contributed by atoms with Crippen molar-refractivity contribution in [2.45, 2.75) is 35.9 Å². The number of nitrogens with zero attached hydrogens (tertiary/aromatic N) is 3. The molecule has 2 fully saturated rings. The summed E-state index contributed by atoms with van der Waals surface area (Å²) >= 11 is 0. The fourth-order valence-corrected chi connectivity index (χ4v) is 6.83. The topological polar surface area (TPSA) is 78.0 Å². The van der Waals surface area contributed by atoms with Crippen molar-refractivity contribution in [2.75, 3.05) is 17.9 Å². The van der Waals surface area contributed by atoms with Crippen molar-refractivity contribution in [3.63, 3.8) is 0 Å². The van der Waals surface area contributed by atoms with Gasteiger partial charge in [-0.2, -0.15) is 0 Å². The number of anilines is 1. The van der Waals surface area contributed by atoms with E-state index in [9.17, 15) is 18.0 Å². The third-order valence-corrected chi connectivity index (χ3v) is 8.17. The Hall–Kier alpha value is -2.87. The number of para-hydroxylation sites is 1. The molecule has 3 heterocycles. The molecule has 3 atom stereocenters. The van der Waals surface area contributed by atoms with Gasteiger partial charge in [0.1, 0.15) is 12.2 Å². The summed E-state index contributed by atoms with van der Waals surface area (Å²) in [7, 11) is -2.32. The van der Waals surface area contributed by atoms with Crippen molar-refractivity contribution in [1.82, 2.24) is 9.80 Å². The third-order valence-electron chi connectivity index (χ3n) is 6.39. The van der Waals surface area contributed by atoms with Crippen LogP contribution < -0.4 is 4.31 Å². The van der Waals surface area contributed by atoms with Gasteiger partial charge in [-0.25, -0.2) is 12.7 Å². The van der Waals surface area contributed by atoms with Gasteiger partial charge in [-0.05, 0) is 30.2 Å². The number of benzene rings is 2. The molecular formula is C21H21N3O4S. The largest absolute Gasteiger partial charge is 0.335 e. The lowest BCUT2D eigenvalue weighted by Crippen LogP contribution is -2.62. The van der Waals surface area contributed by atoms with Gasteiger partial charge in [0.15, 0.2) is 0 Å². The Morgan fingerprint density at radius 3 is 2.38 bits per heavy atom. The van der Waals surface area contributed by atoms with Gasteiger partial charge < -0.3 is 9.80 Å². The van der Waals surface area contributed by atoms with E-state index in [0.717, 1.165) is 5.56 Å². The Balaban J connectivity index is 1.74. The van der Waals surface area contributed by atoms with Crippen LogP contribution in [0.25, 0.3) is 0 Å². The minimum Gasteiger partial charge on any atom is -0.335 e. The van der Waals surface area contributed by atoms with Gasteiger partial charge in [-0.1, -0.05) is 43.3 Å². The van der Waals surface area contributed by atoms with Gasteiger partial charge in [0.05, 0.1) is 17.1 Å². The number of fused-ring (bicyclic) bond motifs is 5. The average Bonchev–Trinajstić information content (AvgIpc) is 3.15. The van der Waals surface area contributed by atoms with Gasteiger partial charge in [0.2, 0.25) is 11.8 Å². The summed E-state index contributed by atoms with van der Waals surface area (Å²) in [6.45, 7) is 1.91. The Bertz CT molecular complexity index is 1130. The first-order valence-electron chi connectivity index (χ1n) is 9.52. The number of likely N-dealkylation sites (N-methyl/N-ethyl adjacent to an activating group) is 1. The average molecular weight is 411 g/mol. The van der Waals surface area contributed by atoms with Gasteiger partial charge in [0, 0.05) is 12.5 Å². The van der Waals surface area contributed by atoms with E-state index in [1.807, 2.05) is 19.1 Å². The van der Waals surface area contributed by atoms with Crippen molar-refractivity contribution in [2.24, 2.45) is 0 Å². The summed E-state index contributed by atoms with van der Waals surface area (Å²) in [5.74, 6) is -0.373. The number of hydrogen-bond acceptors (Lipinski definition) is 4. The number of carbonyl (C=O) groups is 2. The normalized spacial score (nSPS) is 28.4. The summed E-state index contributed by atoms with van der Waals surface area (Å²) < 4.78 is 28.8. The van der Waals surface area contributed by atoms with Crippen LogP contribution in [-0.4, -0.2) is 55.8 Å². The van der Waals surface area contributed by atoms with E-state index in [0.29, 0.717) is 12.1 Å². The van der Waals surface area contributed by atoms with E-state index < -0.39 is 27.6 Å². The third kappa shape index (κ3) is 2.26. The minimum absolute atomic E-state index is 0.0442. The molecule has 2 amide bonds. The maximum Gasteiger partial charge on any atom is 0.266 e. The zero-order valence-electron chi connectivity index (χ0n) is 16.1. The van der Waals surface area contributed by atoms with Crippen LogP contribution in [0.1, 0.15) is 18.9 Å². The maximum atomic E-state index is 13.7. The van der Waals surface area contributed by atoms with E-state index >= 15 is 0 Å². The molecule has 2 aromatic carbocycles. The second-order valence-corrected chi connectivity index (χ2v) is 9.95. The van der Waals surface area contributed by atoms with Crippen molar-refractivity contribution in [3.05, 3.63) is 60.2 Å². The minimum atomic E-state index is -3.93. The van der Waals surface area contributed by atoms with Crippen LogP contribution in [0.15, 0.2) is 59.5 Å². The summed E-state index contributed by atoms with van der Waals surface area (Å²) in [5.41, 5.74) is 0.753. The van der Waals surface area contributed by atoms with Crippen molar-refractivity contribution in [3.8, 4) is 0 Å². The molecule has 2 aromatic rings. The van der Waals surface area contributed by atoms with Crippen molar-refractivity contribution in [1.29, 1.82) is 0 Å². The highest BCUT2D eigenvalue weighted by Crippen LogP contribution is 2.56. The predicted octanol–water partition coefficient (Wildman–Crippen LogP) is 1.55. The number of piperazine rings is 1. The van der Waals surface area contributed by atoms with E-state index in [-0.39, 0.29) is 23.3 Å². The molecule has 0 radical (unpaired) electrons. The number of hydrogen-bond donors (Lipinski definition) is 0. The van der Waals surface area contributed by atoms with Crippen molar-refractivity contribution >= 4 is 27.5 Å². The molecular weight excluding hydrogens is 390 g/mol. The smallest absolute Gasteiger partial charge is 0.266 e. The van der Waals surface area contributed by atoms with Gasteiger partial charge in [0.25, 0.3) is 10.0 Å². The Labute approximate surface area is 169 Å². The van der Waals surface area contributed by atoms with Crippen LogP contribution >= 0.6 is 0 Å². The molecule has 2 saturated heterocycles. The lowest BCUT2D eigenvalue weighted by Gasteiger charge is -2.41. The highest BCUT2D eigenvalue weighted by molar-refractivity contribution is 7.92. The van der Waals surface area contributed by atoms with E-state index in [4.69, 9.17) is 0 Å². The molecule has 0 N–H and O–H groups in total. The quantitative estimate of drug-likeness (QED) is 0.751. The summed E-state index contributed by atoms with van der Waals surface area (Å²) in [4.78, 5) is 28.9. The molecule has 0 bridgehead atoms. The van der Waals surface area contributed by atoms with Crippen LogP contribution in [0.4, 0.5) is 5.69 Å². The molecule has 8 heteroatoms. The van der Waals surface area contributed by atoms with Crippen LogP contribution in [-0.2, 0) is 25.0 Å². The highest BCUT2D eigenvalue weighted by Gasteiger charge is 2.64.